The third-order valence-electron chi connectivity index (χ3n) is 3.20. The van der Waals surface area contributed by atoms with Gasteiger partial charge in [0, 0.05) is 18.7 Å². The van der Waals surface area contributed by atoms with Gasteiger partial charge in [0.2, 0.25) is 0 Å². The predicted octanol–water partition coefficient (Wildman–Crippen LogP) is 2.79. The van der Waals surface area contributed by atoms with E-state index < -0.39 is 0 Å². The minimum atomic E-state index is -0.288. The molecule has 1 aromatic rings. The Morgan fingerprint density at radius 2 is 2.24 bits per heavy atom. The maximum absolute atomic E-state index is 13.0. The fraction of sp³-hybridized carbons (Fsp3) is 0.533. The highest BCUT2D eigenvalue weighted by Gasteiger charge is 2.33. The van der Waals surface area contributed by atoms with E-state index in [4.69, 9.17) is 4.74 Å². The molecule has 2 rings (SSSR count). The van der Waals surface area contributed by atoms with Crippen LogP contribution >= 0.6 is 24.0 Å². The lowest BCUT2D eigenvalue weighted by Gasteiger charge is -2.11. The second-order valence-electron chi connectivity index (χ2n) is 5.03. The van der Waals surface area contributed by atoms with E-state index >= 15 is 0 Å². The Hall–Kier alpha value is -1.05. The highest BCUT2D eigenvalue weighted by molar-refractivity contribution is 14.0. The fourth-order valence-corrected chi connectivity index (χ4v) is 1.90. The van der Waals surface area contributed by atoms with Crippen molar-refractivity contribution in [1.82, 2.24) is 10.6 Å². The van der Waals surface area contributed by atoms with E-state index in [1.54, 1.807) is 12.1 Å². The lowest BCUT2D eigenvalue weighted by atomic mass is 10.3. The molecule has 0 radical (unpaired) electrons. The highest BCUT2D eigenvalue weighted by atomic mass is 127. The quantitative estimate of drug-likeness (QED) is 0.330. The van der Waals surface area contributed by atoms with E-state index in [-0.39, 0.29) is 29.8 Å². The van der Waals surface area contributed by atoms with Gasteiger partial charge in [-0.15, -0.1) is 24.0 Å². The average Bonchev–Trinajstić information content (AvgIpc) is 3.10. The highest BCUT2D eigenvalue weighted by Crippen LogP contribution is 2.28. The Balaban J connectivity index is 0.00000220. The molecule has 0 saturated heterocycles. The smallest absolute Gasteiger partial charge is 0.191 e. The number of nitrogens with one attached hydrogen (secondary N) is 2. The van der Waals surface area contributed by atoms with Crippen molar-refractivity contribution in [2.45, 2.75) is 26.3 Å². The summed E-state index contributed by atoms with van der Waals surface area (Å²) in [7, 11) is 0. The molecule has 0 spiro atoms. The zero-order valence-corrected chi connectivity index (χ0v) is 14.8. The van der Waals surface area contributed by atoms with Crippen molar-refractivity contribution in [1.29, 1.82) is 0 Å². The van der Waals surface area contributed by atoms with Crippen LogP contribution in [0.5, 0.6) is 5.75 Å². The number of hydrogen-bond acceptors (Lipinski definition) is 2. The Morgan fingerprint density at radius 3 is 2.86 bits per heavy atom. The van der Waals surface area contributed by atoms with Crippen molar-refractivity contribution >= 4 is 29.9 Å². The van der Waals surface area contributed by atoms with E-state index in [0.717, 1.165) is 18.4 Å². The Bertz CT molecular complexity index is 470. The van der Waals surface area contributed by atoms with Crippen molar-refractivity contribution in [3.8, 4) is 5.75 Å². The van der Waals surface area contributed by atoms with Gasteiger partial charge in [-0.25, -0.2) is 9.38 Å². The van der Waals surface area contributed by atoms with E-state index in [9.17, 15) is 4.39 Å². The molecule has 4 nitrogen and oxygen atoms in total. The minimum absolute atomic E-state index is 0. The summed E-state index contributed by atoms with van der Waals surface area (Å²) >= 11 is 0. The molecule has 21 heavy (non-hydrogen) atoms. The van der Waals surface area contributed by atoms with Gasteiger partial charge in [0.1, 0.15) is 18.2 Å². The summed E-state index contributed by atoms with van der Waals surface area (Å²) in [6.07, 6.45) is 1.20. The zero-order chi connectivity index (χ0) is 14.4. The monoisotopic (exact) mass is 407 g/mol. The first-order valence-electron chi connectivity index (χ1n) is 7.12. The van der Waals surface area contributed by atoms with Gasteiger partial charge in [-0.05, 0) is 31.4 Å². The molecule has 2 unspecified atom stereocenters. The van der Waals surface area contributed by atoms with Gasteiger partial charge in [0.15, 0.2) is 5.96 Å². The summed E-state index contributed by atoms with van der Waals surface area (Å²) in [5.74, 6) is 1.80. The van der Waals surface area contributed by atoms with Crippen LogP contribution in [0.3, 0.4) is 0 Å². The normalized spacial score (nSPS) is 20.4. The lowest BCUT2D eigenvalue weighted by molar-refractivity contribution is 0.326. The van der Waals surface area contributed by atoms with Crippen LogP contribution in [0.1, 0.15) is 20.3 Å². The van der Waals surface area contributed by atoms with Crippen molar-refractivity contribution in [2.24, 2.45) is 10.9 Å². The predicted molar refractivity (Wildman–Crippen MR) is 94.0 cm³/mol. The molecule has 1 aromatic carbocycles. The van der Waals surface area contributed by atoms with Crippen LogP contribution < -0.4 is 15.4 Å². The zero-order valence-electron chi connectivity index (χ0n) is 12.4. The van der Waals surface area contributed by atoms with Crippen molar-refractivity contribution in [2.75, 3.05) is 19.7 Å². The fourth-order valence-electron chi connectivity index (χ4n) is 1.90. The summed E-state index contributed by atoms with van der Waals surface area (Å²) in [5, 5.41) is 6.58. The van der Waals surface area contributed by atoms with E-state index in [1.165, 1.54) is 18.6 Å². The van der Waals surface area contributed by atoms with Gasteiger partial charge < -0.3 is 15.4 Å². The number of benzene rings is 1. The van der Waals surface area contributed by atoms with Gasteiger partial charge in [-0.2, -0.15) is 0 Å². The molecule has 118 valence electrons. The molecule has 0 aliphatic heterocycles. The molecule has 0 bridgehead atoms. The Morgan fingerprint density at radius 1 is 1.48 bits per heavy atom. The summed E-state index contributed by atoms with van der Waals surface area (Å²) < 4.78 is 18.4. The number of aliphatic imine (C=N–C) groups is 1. The van der Waals surface area contributed by atoms with E-state index in [1.807, 2.05) is 6.92 Å². The lowest BCUT2D eigenvalue weighted by Crippen LogP contribution is -2.39. The van der Waals surface area contributed by atoms with Crippen LogP contribution in [0, 0.1) is 11.7 Å². The topological polar surface area (TPSA) is 45.7 Å². The molecule has 0 amide bonds. The number of hydrogen-bond donors (Lipinski definition) is 2. The second-order valence-corrected chi connectivity index (χ2v) is 5.03. The number of guanidine groups is 1. The van der Waals surface area contributed by atoms with Gasteiger partial charge in [-0.1, -0.05) is 13.0 Å². The Labute approximate surface area is 142 Å². The Kier molecular flexibility index (Phi) is 7.77. The molecular formula is C15H23FIN3O. The maximum atomic E-state index is 13.0. The summed E-state index contributed by atoms with van der Waals surface area (Å²) in [6, 6.07) is 6.68. The van der Waals surface area contributed by atoms with Crippen LogP contribution in [-0.2, 0) is 0 Å². The summed E-state index contributed by atoms with van der Waals surface area (Å²) in [4.78, 5) is 4.44. The average molecular weight is 407 g/mol. The molecule has 1 aliphatic carbocycles. The molecule has 1 saturated carbocycles. The van der Waals surface area contributed by atoms with Gasteiger partial charge in [0.25, 0.3) is 0 Å². The molecule has 2 N–H and O–H groups in total. The van der Waals surface area contributed by atoms with E-state index in [2.05, 4.69) is 22.5 Å². The van der Waals surface area contributed by atoms with Crippen LogP contribution in [-0.4, -0.2) is 31.7 Å². The van der Waals surface area contributed by atoms with E-state index in [0.29, 0.717) is 24.9 Å². The third kappa shape index (κ3) is 6.50. The number of rotatable bonds is 6. The van der Waals surface area contributed by atoms with Gasteiger partial charge in [0.05, 0.1) is 6.54 Å². The van der Waals surface area contributed by atoms with Crippen molar-refractivity contribution in [3.05, 3.63) is 30.1 Å². The largest absolute Gasteiger partial charge is 0.492 e. The number of ether oxygens (including phenoxy) is 1. The van der Waals surface area contributed by atoms with Gasteiger partial charge >= 0.3 is 0 Å². The minimum Gasteiger partial charge on any atom is -0.492 e. The van der Waals surface area contributed by atoms with Crippen LogP contribution in [0.2, 0.25) is 0 Å². The first-order valence-corrected chi connectivity index (χ1v) is 7.12. The third-order valence-corrected chi connectivity index (χ3v) is 3.20. The number of nitrogens with zero attached hydrogens (tertiary/aromatic N) is 1. The summed E-state index contributed by atoms with van der Waals surface area (Å²) in [5.41, 5.74) is 0. The molecule has 1 aliphatic rings. The first kappa shape index (κ1) is 18.0. The van der Waals surface area contributed by atoms with Crippen molar-refractivity contribution in [3.63, 3.8) is 0 Å². The second kappa shape index (κ2) is 9.07. The SMILES string of the molecule is CCNC(=NCCOc1cccc(F)c1)NC1CC1C.I. The van der Waals surface area contributed by atoms with Crippen LogP contribution in [0.4, 0.5) is 4.39 Å². The summed E-state index contributed by atoms with van der Waals surface area (Å²) in [6.45, 7) is 6.05. The van der Waals surface area contributed by atoms with Crippen LogP contribution in [0.25, 0.3) is 0 Å². The van der Waals surface area contributed by atoms with Crippen LogP contribution in [0.15, 0.2) is 29.3 Å². The molecule has 6 heteroatoms. The first-order chi connectivity index (χ1) is 9.69. The standard InChI is InChI=1S/C15H22FN3O.HI/c1-3-17-15(19-14-9-11(14)2)18-7-8-20-13-6-4-5-12(16)10-13;/h4-6,10-11,14H,3,7-9H2,1-2H3,(H2,17,18,19);1H. The molecular weight excluding hydrogens is 384 g/mol. The maximum Gasteiger partial charge on any atom is 0.191 e. The molecule has 1 fully saturated rings. The van der Waals surface area contributed by atoms with Crippen molar-refractivity contribution < 1.29 is 9.13 Å². The molecule has 0 aromatic heterocycles. The van der Waals surface area contributed by atoms with Gasteiger partial charge in [-0.3, -0.25) is 0 Å². The molecule has 2 atom stereocenters. The molecule has 0 heterocycles. The number of halogens is 2.